The van der Waals surface area contributed by atoms with Crippen LogP contribution in [0.5, 0.6) is 11.5 Å². The molecule has 2 unspecified atom stereocenters. The second kappa shape index (κ2) is 5.51. The van der Waals surface area contributed by atoms with E-state index in [1.54, 1.807) is 19.2 Å². The summed E-state index contributed by atoms with van der Waals surface area (Å²) in [6.45, 7) is 5.81. The predicted octanol–water partition coefficient (Wildman–Crippen LogP) is 2.52. The summed E-state index contributed by atoms with van der Waals surface area (Å²) >= 11 is 0. The lowest BCUT2D eigenvalue weighted by molar-refractivity contribution is 0.0620. The number of rotatable bonds is 2. The van der Waals surface area contributed by atoms with Crippen molar-refractivity contribution < 1.29 is 14.6 Å². The van der Waals surface area contributed by atoms with Gasteiger partial charge in [-0.3, -0.25) is 4.79 Å². The number of carbonyl (C=O) groups excluding carboxylic acids is 1. The Morgan fingerprint density at radius 2 is 1.95 bits per heavy atom. The van der Waals surface area contributed by atoms with Gasteiger partial charge in [0.1, 0.15) is 11.5 Å². The number of amides is 1. The van der Waals surface area contributed by atoms with Crippen LogP contribution < -0.4 is 4.74 Å². The Balaban J connectivity index is 2.23. The van der Waals surface area contributed by atoms with Crippen LogP contribution in [0.2, 0.25) is 0 Å². The Morgan fingerprint density at radius 1 is 1.32 bits per heavy atom. The second-order valence-corrected chi connectivity index (χ2v) is 5.54. The highest BCUT2D eigenvalue weighted by Gasteiger charge is 2.27. The van der Waals surface area contributed by atoms with E-state index in [4.69, 9.17) is 4.74 Å². The number of nitrogens with zero attached hydrogens (tertiary/aromatic N) is 1. The van der Waals surface area contributed by atoms with Crippen LogP contribution >= 0.6 is 0 Å². The lowest BCUT2D eigenvalue weighted by Gasteiger charge is -2.35. The molecular weight excluding hydrogens is 242 g/mol. The summed E-state index contributed by atoms with van der Waals surface area (Å²) in [5.41, 5.74) is 0.320. The van der Waals surface area contributed by atoms with Crippen molar-refractivity contribution in [2.45, 2.75) is 20.3 Å². The first kappa shape index (κ1) is 13.7. The zero-order chi connectivity index (χ0) is 14.0. The quantitative estimate of drug-likeness (QED) is 0.892. The van der Waals surface area contributed by atoms with E-state index in [0.29, 0.717) is 23.1 Å². The first-order chi connectivity index (χ1) is 9.01. The molecule has 4 nitrogen and oxygen atoms in total. The summed E-state index contributed by atoms with van der Waals surface area (Å²) in [6.07, 6.45) is 1.15. The monoisotopic (exact) mass is 263 g/mol. The van der Waals surface area contributed by atoms with Crippen molar-refractivity contribution in [1.29, 1.82) is 0 Å². The molecule has 1 saturated heterocycles. The first-order valence-corrected chi connectivity index (χ1v) is 6.67. The summed E-state index contributed by atoms with van der Waals surface area (Å²) in [7, 11) is 1.55. The molecule has 1 fully saturated rings. The van der Waals surface area contributed by atoms with Crippen LogP contribution in [0.1, 0.15) is 30.6 Å². The van der Waals surface area contributed by atoms with Gasteiger partial charge in [-0.25, -0.2) is 0 Å². The van der Waals surface area contributed by atoms with Gasteiger partial charge in [0.2, 0.25) is 0 Å². The molecule has 2 atom stereocenters. The highest BCUT2D eigenvalue weighted by Crippen LogP contribution is 2.27. The van der Waals surface area contributed by atoms with E-state index >= 15 is 0 Å². The highest BCUT2D eigenvalue weighted by molar-refractivity contribution is 5.97. The largest absolute Gasteiger partial charge is 0.507 e. The maximum Gasteiger partial charge on any atom is 0.257 e. The molecule has 19 heavy (non-hydrogen) atoms. The van der Waals surface area contributed by atoms with E-state index in [0.717, 1.165) is 19.5 Å². The van der Waals surface area contributed by atoms with Crippen molar-refractivity contribution in [3.05, 3.63) is 23.8 Å². The molecule has 104 valence electrons. The molecular formula is C15H21NO3. The SMILES string of the molecule is COc1ccc(O)c(C(=O)N2CC(C)CC(C)C2)c1. The smallest absolute Gasteiger partial charge is 0.257 e. The molecule has 1 aliphatic rings. The minimum Gasteiger partial charge on any atom is -0.507 e. The summed E-state index contributed by atoms with van der Waals surface area (Å²) in [4.78, 5) is 14.3. The molecule has 0 aliphatic carbocycles. The number of hydrogen-bond acceptors (Lipinski definition) is 3. The lowest BCUT2D eigenvalue weighted by Crippen LogP contribution is -2.42. The normalized spacial score (nSPS) is 23.2. The fourth-order valence-electron chi connectivity index (χ4n) is 2.81. The van der Waals surface area contributed by atoms with Gasteiger partial charge < -0.3 is 14.7 Å². The number of aromatic hydroxyl groups is 1. The fourth-order valence-corrected chi connectivity index (χ4v) is 2.81. The second-order valence-electron chi connectivity index (χ2n) is 5.54. The van der Waals surface area contributed by atoms with E-state index in [-0.39, 0.29) is 11.7 Å². The van der Waals surface area contributed by atoms with E-state index in [2.05, 4.69) is 13.8 Å². The average Bonchev–Trinajstić information content (AvgIpc) is 2.37. The van der Waals surface area contributed by atoms with Crippen LogP contribution in [-0.4, -0.2) is 36.1 Å². The summed E-state index contributed by atoms with van der Waals surface area (Å²) in [5, 5.41) is 9.86. The molecule has 0 spiro atoms. The molecule has 1 amide bonds. The molecule has 1 heterocycles. The Labute approximate surface area is 114 Å². The number of methoxy groups -OCH3 is 1. The Morgan fingerprint density at radius 3 is 2.53 bits per heavy atom. The third-order valence-electron chi connectivity index (χ3n) is 3.59. The minimum absolute atomic E-state index is 0.0108. The maximum absolute atomic E-state index is 12.5. The third kappa shape index (κ3) is 3.00. The van der Waals surface area contributed by atoms with Gasteiger partial charge in [-0.05, 0) is 36.5 Å². The average molecular weight is 263 g/mol. The van der Waals surface area contributed by atoms with E-state index < -0.39 is 0 Å². The zero-order valence-electron chi connectivity index (χ0n) is 11.7. The van der Waals surface area contributed by atoms with Crippen LogP contribution in [0.25, 0.3) is 0 Å². The van der Waals surface area contributed by atoms with Gasteiger partial charge in [-0.15, -0.1) is 0 Å². The fraction of sp³-hybridized carbons (Fsp3) is 0.533. The van der Waals surface area contributed by atoms with Gasteiger partial charge in [0.25, 0.3) is 5.91 Å². The lowest BCUT2D eigenvalue weighted by atomic mass is 9.91. The Hall–Kier alpha value is -1.71. The van der Waals surface area contributed by atoms with Gasteiger partial charge in [0, 0.05) is 13.1 Å². The van der Waals surface area contributed by atoms with Crippen molar-refractivity contribution in [2.75, 3.05) is 20.2 Å². The minimum atomic E-state index is -0.116. The van der Waals surface area contributed by atoms with Gasteiger partial charge in [0.05, 0.1) is 12.7 Å². The van der Waals surface area contributed by atoms with Gasteiger partial charge in [-0.2, -0.15) is 0 Å². The molecule has 1 N–H and O–H groups in total. The van der Waals surface area contributed by atoms with Crippen LogP contribution in [0.15, 0.2) is 18.2 Å². The number of piperidine rings is 1. The molecule has 0 bridgehead atoms. The van der Waals surface area contributed by atoms with Crippen LogP contribution in [0.3, 0.4) is 0 Å². The number of ether oxygens (including phenoxy) is 1. The molecule has 0 radical (unpaired) electrons. The molecule has 1 aliphatic heterocycles. The van der Waals surface area contributed by atoms with Gasteiger partial charge in [0.15, 0.2) is 0 Å². The van der Waals surface area contributed by atoms with E-state index in [9.17, 15) is 9.90 Å². The van der Waals surface area contributed by atoms with Crippen molar-refractivity contribution in [1.82, 2.24) is 4.90 Å². The molecule has 0 aromatic heterocycles. The van der Waals surface area contributed by atoms with Crippen LogP contribution in [-0.2, 0) is 0 Å². The zero-order valence-corrected chi connectivity index (χ0v) is 11.7. The maximum atomic E-state index is 12.5. The number of phenolic OH excluding ortho intramolecular Hbond substituents is 1. The predicted molar refractivity (Wildman–Crippen MR) is 73.5 cm³/mol. The Kier molecular flexibility index (Phi) is 3.98. The van der Waals surface area contributed by atoms with Gasteiger partial charge >= 0.3 is 0 Å². The molecule has 1 aromatic carbocycles. The molecule has 1 aromatic rings. The number of phenols is 1. The van der Waals surface area contributed by atoms with Crippen molar-refractivity contribution >= 4 is 5.91 Å². The summed E-state index contributed by atoms with van der Waals surface area (Å²) in [6, 6.07) is 4.75. The van der Waals surface area contributed by atoms with Crippen molar-refractivity contribution in [3.63, 3.8) is 0 Å². The van der Waals surface area contributed by atoms with E-state index in [1.807, 2.05) is 4.90 Å². The summed E-state index contributed by atoms with van der Waals surface area (Å²) in [5.74, 6) is 1.48. The van der Waals surface area contributed by atoms with E-state index in [1.165, 1.54) is 6.07 Å². The van der Waals surface area contributed by atoms with Crippen molar-refractivity contribution in [3.8, 4) is 11.5 Å². The molecule has 0 saturated carbocycles. The van der Waals surface area contributed by atoms with Gasteiger partial charge in [-0.1, -0.05) is 13.8 Å². The molecule has 4 heteroatoms. The Bertz CT molecular complexity index is 462. The summed E-state index contributed by atoms with van der Waals surface area (Å²) < 4.78 is 5.11. The van der Waals surface area contributed by atoms with Crippen molar-refractivity contribution in [2.24, 2.45) is 11.8 Å². The number of carbonyl (C=O) groups is 1. The van der Waals surface area contributed by atoms with Crippen LogP contribution in [0.4, 0.5) is 0 Å². The highest BCUT2D eigenvalue weighted by atomic mass is 16.5. The van der Waals surface area contributed by atoms with Crippen LogP contribution in [0, 0.1) is 11.8 Å². The number of likely N-dealkylation sites (tertiary alicyclic amines) is 1. The first-order valence-electron chi connectivity index (χ1n) is 6.67. The molecule has 2 rings (SSSR count). The number of hydrogen-bond donors (Lipinski definition) is 1. The topological polar surface area (TPSA) is 49.8 Å². The standard InChI is InChI=1S/C15H21NO3/c1-10-6-11(2)9-16(8-10)15(18)13-7-12(19-3)4-5-14(13)17/h4-5,7,10-11,17H,6,8-9H2,1-3H3. The number of benzene rings is 1. The third-order valence-corrected chi connectivity index (χ3v) is 3.59.